The second kappa shape index (κ2) is 4.33. The molecule has 0 aromatic rings. The van der Waals surface area contributed by atoms with E-state index < -0.39 is 4.33 Å². The first-order valence-electron chi connectivity index (χ1n) is 6.11. The third-order valence-electron chi connectivity index (χ3n) is 4.16. The fourth-order valence-electron chi connectivity index (χ4n) is 2.91. The molecule has 0 aromatic carbocycles. The monoisotopic (exact) mass is 273 g/mol. The van der Waals surface area contributed by atoms with Crippen LogP contribution in [0.1, 0.15) is 39.5 Å². The van der Waals surface area contributed by atoms with Crippen molar-refractivity contribution in [3.63, 3.8) is 0 Å². The van der Waals surface area contributed by atoms with Gasteiger partial charge in [0.1, 0.15) is 4.33 Å². The zero-order chi connectivity index (χ0) is 12.0. The second-order valence-corrected chi connectivity index (χ2v) is 8.64. The minimum Gasteiger partial charge on any atom is -0.101 e. The summed E-state index contributed by atoms with van der Waals surface area (Å²) in [6.45, 7) is 4.06. The van der Waals surface area contributed by atoms with Crippen LogP contribution < -0.4 is 0 Å². The lowest BCUT2D eigenvalue weighted by Crippen LogP contribution is -2.29. The van der Waals surface area contributed by atoms with E-state index in [0.29, 0.717) is 0 Å². The normalized spacial score (nSPS) is 33.7. The van der Waals surface area contributed by atoms with E-state index in [0.717, 1.165) is 30.6 Å². The van der Waals surface area contributed by atoms with Crippen LogP contribution in [0, 0.1) is 17.8 Å². The highest BCUT2D eigenvalue weighted by atomic mass is 35.5. The van der Waals surface area contributed by atoms with E-state index in [1.165, 1.54) is 12.8 Å². The van der Waals surface area contributed by atoms with Crippen molar-refractivity contribution in [2.24, 2.45) is 17.8 Å². The molecule has 0 aliphatic heterocycles. The molecule has 0 amide bonds. The van der Waals surface area contributed by atoms with Gasteiger partial charge in [-0.3, -0.25) is 0 Å². The second-order valence-electron chi connectivity index (χ2n) is 5.91. The van der Waals surface area contributed by atoms with Crippen molar-refractivity contribution in [3.05, 3.63) is 12.2 Å². The van der Waals surface area contributed by atoms with Crippen LogP contribution >= 0.6 is 23.2 Å². The van der Waals surface area contributed by atoms with Crippen molar-refractivity contribution in [2.75, 3.05) is 0 Å². The highest BCUT2D eigenvalue weighted by Crippen LogP contribution is 2.51. The molecular weight excluding hydrogens is 255 g/mol. The van der Waals surface area contributed by atoms with Crippen LogP contribution in [-0.4, -0.2) is 14.6 Å². The zero-order valence-electron chi connectivity index (χ0n) is 9.97. The molecule has 2 bridgehead atoms. The summed E-state index contributed by atoms with van der Waals surface area (Å²) in [5.74, 6) is 2.44. The Morgan fingerprint density at radius 3 is 2.38 bits per heavy atom. The average molecular weight is 274 g/mol. The fourth-order valence-corrected chi connectivity index (χ4v) is 3.25. The summed E-state index contributed by atoms with van der Waals surface area (Å²) in [5.41, 5.74) is 0. The molecule has 0 aromatic heterocycles. The van der Waals surface area contributed by atoms with Gasteiger partial charge >= 0.3 is 0 Å². The van der Waals surface area contributed by atoms with Gasteiger partial charge in [0.25, 0.3) is 0 Å². The van der Waals surface area contributed by atoms with Gasteiger partial charge in [0.05, 0.1) is 0 Å². The van der Waals surface area contributed by atoms with Crippen LogP contribution in [0.3, 0.4) is 0 Å². The molecule has 0 spiro atoms. The van der Waals surface area contributed by atoms with Crippen LogP contribution in [0.15, 0.2) is 12.2 Å². The quantitative estimate of drug-likeness (QED) is 0.401. The lowest BCUT2D eigenvalue weighted by Gasteiger charge is -2.35. The summed E-state index contributed by atoms with van der Waals surface area (Å²) in [7, 11) is 3.63. The number of alkyl halides is 2. The first-order chi connectivity index (χ1) is 7.29. The number of halogens is 2. The summed E-state index contributed by atoms with van der Waals surface area (Å²) < 4.78 is -0.671. The molecule has 3 atom stereocenters. The Labute approximate surface area is 112 Å². The summed E-state index contributed by atoms with van der Waals surface area (Å²) in [5, 5.41) is -0.233. The van der Waals surface area contributed by atoms with E-state index in [1.54, 1.807) is 0 Å². The van der Waals surface area contributed by atoms with Gasteiger partial charge in [0, 0.05) is 10.2 Å². The minimum atomic E-state index is -0.671. The summed E-state index contributed by atoms with van der Waals surface area (Å²) in [6.07, 6.45) is 9.49. The number of fused-ring (bicyclic) bond motifs is 2. The molecule has 0 nitrogen and oxygen atoms in total. The fraction of sp³-hybridized carbons (Fsp3) is 0.846. The van der Waals surface area contributed by atoms with Crippen LogP contribution in [0.5, 0.6) is 0 Å². The predicted octanol–water partition coefficient (Wildman–Crippen LogP) is 4.52. The summed E-state index contributed by atoms with van der Waals surface area (Å²) >= 11 is 12.8. The number of allylic oxidation sites excluding steroid dienone is 2. The van der Waals surface area contributed by atoms with E-state index in [1.807, 2.05) is 13.8 Å². The molecule has 3 heteroatoms. The highest BCUT2D eigenvalue weighted by Gasteiger charge is 2.41. The highest BCUT2D eigenvalue weighted by molar-refractivity contribution is 6.52. The Kier molecular flexibility index (Phi) is 3.51. The predicted molar refractivity (Wildman–Crippen MR) is 72.3 cm³/mol. The number of hydrogen-bond donors (Lipinski definition) is 0. The number of hydrogen-bond acceptors (Lipinski definition) is 0. The van der Waals surface area contributed by atoms with E-state index in [9.17, 15) is 0 Å². The Hall–Kier alpha value is 0.537. The molecule has 0 N–H and O–H groups in total. The maximum absolute atomic E-state index is 6.39. The standard InChI is InChI=1S/C13H19Cl2Si/c1-12(2,16)13(14,15)6-5-11-8-9-3-4-10(11)7-9/h3-4,9-11H,5-8H2,1-2H3. The van der Waals surface area contributed by atoms with Crippen LogP contribution in [-0.2, 0) is 0 Å². The van der Waals surface area contributed by atoms with Crippen molar-refractivity contribution in [1.29, 1.82) is 0 Å². The van der Waals surface area contributed by atoms with Gasteiger partial charge < -0.3 is 0 Å². The Balaban J connectivity index is 1.86. The van der Waals surface area contributed by atoms with E-state index in [-0.39, 0.29) is 5.04 Å². The Bertz CT molecular complexity index is 291. The molecule has 16 heavy (non-hydrogen) atoms. The van der Waals surface area contributed by atoms with Gasteiger partial charge in [-0.2, -0.15) is 0 Å². The summed E-state index contributed by atoms with van der Waals surface area (Å²) in [6, 6.07) is 0. The van der Waals surface area contributed by atoms with E-state index in [2.05, 4.69) is 22.4 Å². The molecule has 3 radical (unpaired) electrons. The van der Waals surface area contributed by atoms with Gasteiger partial charge in [-0.25, -0.2) is 0 Å². The molecule has 3 unspecified atom stereocenters. The molecule has 2 aliphatic carbocycles. The van der Waals surface area contributed by atoms with Crippen molar-refractivity contribution in [2.45, 2.75) is 48.9 Å². The maximum Gasteiger partial charge on any atom is 0.120 e. The number of rotatable bonds is 4. The van der Waals surface area contributed by atoms with Gasteiger partial charge in [-0.1, -0.05) is 26.0 Å². The molecule has 89 valence electrons. The molecule has 1 fully saturated rings. The minimum absolute atomic E-state index is 0.233. The molecule has 2 aliphatic rings. The van der Waals surface area contributed by atoms with Gasteiger partial charge in [0.15, 0.2) is 0 Å². The SMILES string of the molecule is CC(C)([Si])C(Cl)(Cl)CCC1CC2C=CC1C2. The van der Waals surface area contributed by atoms with Crippen LogP contribution in [0.25, 0.3) is 0 Å². The lowest BCUT2D eigenvalue weighted by molar-refractivity contribution is 0.377. The van der Waals surface area contributed by atoms with Gasteiger partial charge in [-0.15, -0.1) is 23.2 Å². The molecule has 2 rings (SSSR count). The average Bonchev–Trinajstić information content (AvgIpc) is 2.73. The zero-order valence-corrected chi connectivity index (χ0v) is 12.5. The van der Waals surface area contributed by atoms with Crippen LogP contribution in [0.4, 0.5) is 0 Å². The van der Waals surface area contributed by atoms with Crippen molar-refractivity contribution in [3.8, 4) is 0 Å². The van der Waals surface area contributed by atoms with Crippen molar-refractivity contribution >= 4 is 33.4 Å². The molecule has 0 heterocycles. The Morgan fingerprint density at radius 2 is 1.94 bits per heavy atom. The van der Waals surface area contributed by atoms with E-state index in [4.69, 9.17) is 23.2 Å². The van der Waals surface area contributed by atoms with Gasteiger partial charge in [-0.05, 0) is 48.5 Å². The first-order valence-corrected chi connectivity index (χ1v) is 7.36. The van der Waals surface area contributed by atoms with Gasteiger partial charge in [0.2, 0.25) is 0 Å². The van der Waals surface area contributed by atoms with E-state index >= 15 is 0 Å². The van der Waals surface area contributed by atoms with Crippen LogP contribution in [0.2, 0.25) is 5.04 Å². The third kappa shape index (κ3) is 2.52. The Morgan fingerprint density at radius 1 is 1.25 bits per heavy atom. The lowest BCUT2D eigenvalue weighted by atomic mass is 9.87. The molecule has 0 saturated heterocycles. The molecule has 1 saturated carbocycles. The third-order valence-corrected chi connectivity index (χ3v) is 6.23. The van der Waals surface area contributed by atoms with Crippen molar-refractivity contribution in [1.82, 2.24) is 0 Å². The summed E-state index contributed by atoms with van der Waals surface area (Å²) in [4.78, 5) is 0. The maximum atomic E-state index is 6.39. The largest absolute Gasteiger partial charge is 0.120 e. The topological polar surface area (TPSA) is 0 Å². The van der Waals surface area contributed by atoms with Crippen molar-refractivity contribution < 1.29 is 0 Å². The molecular formula is C13H19Cl2Si. The first kappa shape index (κ1) is 13.0. The smallest absolute Gasteiger partial charge is 0.101 e.